The van der Waals surface area contributed by atoms with E-state index in [1.807, 2.05) is 37.3 Å². The minimum Gasteiger partial charge on any atom is -0.355 e. The maximum absolute atomic E-state index is 12.7. The first kappa shape index (κ1) is 17.5. The number of nitrogens with one attached hydrogen (secondary N) is 1. The zero-order chi connectivity index (χ0) is 20.0. The minimum atomic E-state index is -0.167. The van der Waals surface area contributed by atoms with E-state index in [1.54, 1.807) is 17.2 Å². The van der Waals surface area contributed by atoms with Crippen LogP contribution in [0.15, 0.2) is 53.4 Å². The lowest BCUT2D eigenvalue weighted by Crippen LogP contribution is -2.53. The summed E-state index contributed by atoms with van der Waals surface area (Å²) >= 11 is 0. The summed E-state index contributed by atoms with van der Waals surface area (Å²) in [5, 5.41) is 6.82. The summed E-state index contributed by atoms with van der Waals surface area (Å²) in [5.41, 5.74) is 2.40. The SMILES string of the molecule is Cc1ncncc1NC(=O)C1CC12CN(C(=O)c1cc(-c3ccccc3)on1)C2. The van der Waals surface area contributed by atoms with Crippen LogP contribution >= 0.6 is 0 Å². The maximum atomic E-state index is 12.7. The number of carbonyl (C=O) groups is 2. The average molecular weight is 389 g/mol. The molecule has 2 fully saturated rings. The highest BCUT2D eigenvalue weighted by molar-refractivity contribution is 5.97. The fourth-order valence-corrected chi connectivity index (χ4v) is 3.94. The number of likely N-dealkylation sites (tertiary alicyclic amines) is 1. The summed E-state index contributed by atoms with van der Waals surface area (Å²) in [7, 11) is 0. The third kappa shape index (κ3) is 3.06. The van der Waals surface area contributed by atoms with Crippen LogP contribution in [0.2, 0.25) is 0 Å². The number of anilines is 1. The monoisotopic (exact) mass is 389 g/mol. The van der Waals surface area contributed by atoms with Crippen molar-refractivity contribution in [2.75, 3.05) is 18.4 Å². The van der Waals surface area contributed by atoms with Crippen LogP contribution in [0.3, 0.4) is 0 Å². The molecule has 1 aliphatic heterocycles. The van der Waals surface area contributed by atoms with Crippen LogP contribution in [-0.2, 0) is 4.79 Å². The first-order valence-electron chi connectivity index (χ1n) is 9.45. The second-order valence-electron chi connectivity index (χ2n) is 7.73. The van der Waals surface area contributed by atoms with Gasteiger partial charge in [-0.2, -0.15) is 0 Å². The molecule has 2 amide bonds. The van der Waals surface area contributed by atoms with Crippen molar-refractivity contribution < 1.29 is 14.1 Å². The maximum Gasteiger partial charge on any atom is 0.276 e. The van der Waals surface area contributed by atoms with Gasteiger partial charge in [0.05, 0.1) is 17.6 Å². The summed E-state index contributed by atoms with van der Waals surface area (Å²) in [6.07, 6.45) is 3.83. The molecule has 1 atom stereocenters. The number of nitrogens with zero attached hydrogens (tertiary/aromatic N) is 4. The van der Waals surface area contributed by atoms with Gasteiger partial charge in [-0.25, -0.2) is 9.97 Å². The number of amides is 2. The zero-order valence-electron chi connectivity index (χ0n) is 15.8. The van der Waals surface area contributed by atoms with Gasteiger partial charge in [-0.1, -0.05) is 35.5 Å². The predicted octanol–water partition coefficient (Wildman–Crippen LogP) is 2.54. The molecule has 5 rings (SSSR count). The van der Waals surface area contributed by atoms with Crippen LogP contribution in [0, 0.1) is 18.3 Å². The first-order chi connectivity index (χ1) is 14.1. The lowest BCUT2D eigenvalue weighted by molar-refractivity contribution is -0.119. The van der Waals surface area contributed by atoms with Gasteiger partial charge in [-0.15, -0.1) is 0 Å². The molecule has 8 nitrogen and oxygen atoms in total. The molecule has 3 aromatic rings. The fraction of sp³-hybridized carbons (Fsp3) is 0.286. The number of hydrogen-bond acceptors (Lipinski definition) is 6. The second kappa shape index (κ2) is 6.51. The molecule has 1 saturated heterocycles. The van der Waals surface area contributed by atoms with Crippen LogP contribution in [-0.4, -0.2) is 44.9 Å². The van der Waals surface area contributed by atoms with Crippen LogP contribution in [0.4, 0.5) is 5.69 Å². The molecule has 1 saturated carbocycles. The molecule has 146 valence electrons. The van der Waals surface area contributed by atoms with Gasteiger partial charge in [-0.05, 0) is 13.3 Å². The van der Waals surface area contributed by atoms with E-state index >= 15 is 0 Å². The Balaban J connectivity index is 1.20. The molecule has 3 heterocycles. The zero-order valence-corrected chi connectivity index (χ0v) is 15.8. The Bertz CT molecular complexity index is 1090. The third-order valence-corrected chi connectivity index (χ3v) is 5.76. The van der Waals surface area contributed by atoms with Crippen LogP contribution in [0.5, 0.6) is 0 Å². The molecule has 2 aromatic heterocycles. The lowest BCUT2D eigenvalue weighted by atomic mass is 9.92. The van der Waals surface area contributed by atoms with Crippen LogP contribution in [0.1, 0.15) is 22.6 Å². The van der Waals surface area contributed by atoms with Gasteiger partial charge < -0.3 is 14.7 Å². The number of benzene rings is 1. The Morgan fingerprint density at radius 1 is 1.24 bits per heavy atom. The highest BCUT2D eigenvalue weighted by Gasteiger charge is 2.65. The number of aryl methyl sites for hydroxylation is 1. The van der Waals surface area contributed by atoms with Gasteiger partial charge >= 0.3 is 0 Å². The summed E-state index contributed by atoms with van der Waals surface area (Å²) in [6, 6.07) is 11.2. The molecule has 1 aromatic carbocycles. The number of aromatic nitrogens is 3. The standard InChI is InChI=1S/C21H19N5O3/c1-13-17(9-22-12-23-13)24-19(27)15-8-21(15)10-26(11-21)20(28)16-7-18(29-25-16)14-5-3-2-4-6-14/h2-7,9,12,15H,8,10-11H2,1H3,(H,24,27). The molecule has 1 aliphatic carbocycles. The number of hydrogen-bond donors (Lipinski definition) is 1. The van der Waals surface area contributed by atoms with E-state index in [-0.39, 0.29) is 28.8 Å². The second-order valence-corrected chi connectivity index (χ2v) is 7.73. The molecule has 29 heavy (non-hydrogen) atoms. The number of rotatable bonds is 4. The summed E-state index contributed by atoms with van der Waals surface area (Å²) in [4.78, 5) is 35.0. The average Bonchev–Trinajstić information content (AvgIpc) is 3.28. The van der Waals surface area contributed by atoms with E-state index in [9.17, 15) is 9.59 Å². The molecule has 0 bridgehead atoms. The van der Waals surface area contributed by atoms with Gasteiger partial charge in [0, 0.05) is 36.1 Å². The van der Waals surface area contributed by atoms with Crippen molar-refractivity contribution in [3.05, 3.63) is 60.3 Å². The molecule has 0 radical (unpaired) electrons. The number of carbonyl (C=O) groups excluding carboxylic acids is 2. The van der Waals surface area contributed by atoms with E-state index in [0.717, 1.165) is 17.7 Å². The van der Waals surface area contributed by atoms with Crippen LogP contribution in [0.25, 0.3) is 11.3 Å². The molecular weight excluding hydrogens is 370 g/mol. The van der Waals surface area contributed by atoms with Crippen molar-refractivity contribution in [2.24, 2.45) is 11.3 Å². The Kier molecular flexibility index (Phi) is 3.94. The van der Waals surface area contributed by atoms with Crippen molar-refractivity contribution in [3.63, 3.8) is 0 Å². The van der Waals surface area contributed by atoms with Gasteiger partial charge in [-0.3, -0.25) is 9.59 Å². The molecule has 1 spiro atoms. The van der Waals surface area contributed by atoms with E-state index in [0.29, 0.717) is 24.5 Å². The van der Waals surface area contributed by atoms with Crippen molar-refractivity contribution in [2.45, 2.75) is 13.3 Å². The summed E-state index contributed by atoms with van der Waals surface area (Å²) in [6.45, 7) is 2.94. The van der Waals surface area contributed by atoms with Gasteiger partial charge in [0.15, 0.2) is 11.5 Å². The van der Waals surface area contributed by atoms with Gasteiger partial charge in [0.2, 0.25) is 5.91 Å². The molecule has 1 N–H and O–H groups in total. The summed E-state index contributed by atoms with van der Waals surface area (Å²) in [5.74, 6) is 0.263. The van der Waals surface area contributed by atoms with E-state index in [4.69, 9.17) is 4.52 Å². The molecule has 8 heteroatoms. The topological polar surface area (TPSA) is 101 Å². The normalized spacial score (nSPS) is 18.9. The molecule has 2 aliphatic rings. The van der Waals surface area contributed by atoms with Crippen molar-refractivity contribution in [1.82, 2.24) is 20.0 Å². The van der Waals surface area contributed by atoms with Crippen LogP contribution < -0.4 is 5.32 Å². The minimum absolute atomic E-state index is 0.0391. The summed E-state index contributed by atoms with van der Waals surface area (Å²) < 4.78 is 5.32. The lowest BCUT2D eigenvalue weighted by Gasteiger charge is -2.40. The van der Waals surface area contributed by atoms with E-state index < -0.39 is 0 Å². The van der Waals surface area contributed by atoms with E-state index in [2.05, 4.69) is 20.4 Å². The highest BCUT2D eigenvalue weighted by atomic mass is 16.5. The largest absolute Gasteiger partial charge is 0.355 e. The Hall–Kier alpha value is -3.55. The predicted molar refractivity (Wildman–Crippen MR) is 104 cm³/mol. The smallest absolute Gasteiger partial charge is 0.276 e. The first-order valence-corrected chi connectivity index (χ1v) is 9.45. The van der Waals surface area contributed by atoms with Crippen molar-refractivity contribution in [3.8, 4) is 11.3 Å². The fourth-order valence-electron chi connectivity index (χ4n) is 3.94. The highest BCUT2D eigenvalue weighted by Crippen LogP contribution is 2.59. The van der Waals surface area contributed by atoms with E-state index in [1.165, 1.54) is 6.33 Å². The van der Waals surface area contributed by atoms with Gasteiger partial charge in [0.1, 0.15) is 6.33 Å². The van der Waals surface area contributed by atoms with Gasteiger partial charge in [0.25, 0.3) is 5.91 Å². The third-order valence-electron chi connectivity index (χ3n) is 5.76. The van der Waals surface area contributed by atoms with Crippen molar-refractivity contribution >= 4 is 17.5 Å². The Morgan fingerprint density at radius 3 is 2.79 bits per heavy atom. The molecular formula is C21H19N5O3. The Labute approximate surface area is 166 Å². The quantitative estimate of drug-likeness (QED) is 0.736. The molecule has 1 unspecified atom stereocenters. The Morgan fingerprint density at radius 2 is 2.03 bits per heavy atom. The van der Waals surface area contributed by atoms with Crippen molar-refractivity contribution in [1.29, 1.82) is 0 Å².